The van der Waals surface area contributed by atoms with Gasteiger partial charge in [-0.2, -0.15) is 4.98 Å². The number of urea groups is 1. The number of thiophene rings is 1. The monoisotopic (exact) mass is 471 g/mol. The van der Waals surface area contributed by atoms with Gasteiger partial charge in [0.05, 0.1) is 24.7 Å². The van der Waals surface area contributed by atoms with Crippen molar-refractivity contribution in [1.82, 2.24) is 20.2 Å². The van der Waals surface area contributed by atoms with E-state index in [0.29, 0.717) is 53.5 Å². The molecular formula is C21H25N7O4S. The number of nitrogen functional groups attached to an aromatic ring is 1. The SMILES string of the molecule is COc1ccc(NC(=O)N2CCN(c3nc(N)nc4scc(C(=O)NCCO)c34)CC2)cc1. The van der Waals surface area contributed by atoms with Crippen LogP contribution in [0.4, 0.5) is 22.2 Å². The summed E-state index contributed by atoms with van der Waals surface area (Å²) >= 11 is 1.31. The molecule has 12 heteroatoms. The van der Waals surface area contributed by atoms with Gasteiger partial charge in [-0.05, 0) is 24.3 Å². The number of piperazine rings is 1. The zero-order chi connectivity index (χ0) is 23.4. The van der Waals surface area contributed by atoms with Crippen molar-refractivity contribution in [2.75, 3.05) is 62.4 Å². The Balaban J connectivity index is 1.47. The van der Waals surface area contributed by atoms with Crippen molar-refractivity contribution in [1.29, 1.82) is 0 Å². The molecule has 1 aromatic carbocycles. The van der Waals surface area contributed by atoms with Crippen LogP contribution in [-0.4, -0.2) is 78.4 Å². The molecule has 1 saturated heterocycles. The van der Waals surface area contributed by atoms with Gasteiger partial charge >= 0.3 is 6.03 Å². The molecule has 3 heterocycles. The Bertz CT molecular complexity index is 1140. The van der Waals surface area contributed by atoms with Crippen molar-refractivity contribution in [2.24, 2.45) is 0 Å². The molecular weight excluding hydrogens is 446 g/mol. The third kappa shape index (κ3) is 4.91. The third-order valence-corrected chi connectivity index (χ3v) is 6.15. The number of aliphatic hydroxyl groups excluding tert-OH is 1. The Morgan fingerprint density at radius 1 is 1.18 bits per heavy atom. The Hall–Kier alpha value is -3.64. The van der Waals surface area contributed by atoms with Crippen molar-refractivity contribution in [3.05, 3.63) is 35.2 Å². The van der Waals surface area contributed by atoms with Crippen LogP contribution in [0.25, 0.3) is 10.2 Å². The van der Waals surface area contributed by atoms with Crippen molar-refractivity contribution in [3.8, 4) is 5.75 Å². The lowest BCUT2D eigenvalue weighted by Gasteiger charge is -2.35. The minimum Gasteiger partial charge on any atom is -0.497 e. The Labute approximate surface area is 194 Å². The number of fused-ring (bicyclic) bond motifs is 1. The predicted molar refractivity (Wildman–Crippen MR) is 127 cm³/mol. The summed E-state index contributed by atoms with van der Waals surface area (Å²) < 4.78 is 5.14. The number of rotatable bonds is 6. The summed E-state index contributed by atoms with van der Waals surface area (Å²) in [5.41, 5.74) is 7.05. The van der Waals surface area contributed by atoms with Gasteiger partial charge in [-0.1, -0.05) is 0 Å². The highest BCUT2D eigenvalue weighted by molar-refractivity contribution is 7.17. The van der Waals surface area contributed by atoms with E-state index in [-0.39, 0.29) is 31.0 Å². The molecule has 1 fully saturated rings. The summed E-state index contributed by atoms with van der Waals surface area (Å²) in [7, 11) is 1.59. The summed E-state index contributed by atoms with van der Waals surface area (Å²) in [6, 6.07) is 6.95. The molecule has 0 spiro atoms. The standard InChI is InChI=1S/C21H25N7O4S/c1-32-14-4-2-13(3-5-14)24-21(31)28-9-7-27(8-10-28)17-16-15(18(30)23-6-11-29)12-33-19(16)26-20(22)25-17/h2-5,12,29H,6-11H2,1H3,(H,23,30)(H,24,31)(H2,22,25,26). The van der Waals surface area contributed by atoms with Gasteiger partial charge in [0.1, 0.15) is 16.4 Å². The molecule has 5 N–H and O–H groups in total. The van der Waals surface area contributed by atoms with Gasteiger partial charge in [0, 0.05) is 43.8 Å². The fraction of sp³-hybridized carbons (Fsp3) is 0.333. The van der Waals surface area contributed by atoms with E-state index in [9.17, 15) is 9.59 Å². The summed E-state index contributed by atoms with van der Waals surface area (Å²) in [6.07, 6.45) is 0. The lowest BCUT2D eigenvalue weighted by Crippen LogP contribution is -2.50. The number of nitrogens with zero attached hydrogens (tertiary/aromatic N) is 4. The highest BCUT2D eigenvalue weighted by Gasteiger charge is 2.26. The second kappa shape index (κ2) is 9.88. The van der Waals surface area contributed by atoms with Crippen LogP contribution in [-0.2, 0) is 0 Å². The number of benzene rings is 1. The molecule has 4 rings (SSSR count). The van der Waals surface area contributed by atoms with Gasteiger partial charge in [-0.3, -0.25) is 4.79 Å². The van der Waals surface area contributed by atoms with E-state index < -0.39 is 0 Å². The van der Waals surface area contributed by atoms with Crippen LogP contribution < -0.4 is 26.0 Å². The smallest absolute Gasteiger partial charge is 0.321 e. The number of ether oxygens (including phenoxy) is 1. The zero-order valence-corrected chi connectivity index (χ0v) is 18.9. The number of carbonyl (C=O) groups is 2. The Morgan fingerprint density at radius 2 is 1.91 bits per heavy atom. The molecule has 1 aliphatic heterocycles. The van der Waals surface area contributed by atoms with E-state index in [1.54, 1.807) is 41.7 Å². The summed E-state index contributed by atoms with van der Waals surface area (Å²) in [6.45, 7) is 2.01. The number of hydrogen-bond acceptors (Lipinski definition) is 9. The largest absolute Gasteiger partial charge is 0.497 e. The molecule has 0 atom stereocenters. The van der Waals surface area contributed by atoms with Crippen molar-refractivity contribution < 1.29 is 19.4 Å². The second-order valence-corrected chi connectivity index (χ2v) is 8.21. The molecule has 3 aromatic rings. The van der Waals surface area contributed by atoms with Crippen LogP contribution in [0.1, 0.15) is 10.4 Å². The van der Waals surface area contributed by atoms with E-state index in [1.165, 1.54) is 11.3 Å². The quantitative estimate of drug-likeness (QED) is 0.422. The number of aromatic nitrogens is 2. The van der Waals surface area contributed by atoms with E-state index >= 15 is 0 Å². The maximum atomic E-state index is 12.7. The first kappa shape index (κ1) is 22.6. The van der Waals surface area contributed by atoms with E-state index in [2.05, 4.69) is 20.6 Å². The first-order valence-electron chi connectivity index (χ1n) is 10.4. The highest BCUT2D eigenvalue weighted by Crippen LogP contribution is 2.33. The highest BCUT2D eigenvalue weighted by atomic mass is 32.1. The topological polar surface area (TPSA) is 146 Å². The van der Waals surface area contributed by atoms with Crippen LogP contribution in [0.2, 0.25) is 0 Å². The number of hydrogen-bond donors (Lipinski definition) is 4. The lowest BCUT2D eigenvalue weighted by molar-refractivity contribution is 0.0946. The first-order chi connectivity index (χ1) is 16.0. The average molecular weight is 472 g/mol. The van der Waals surface area contributed by atoms with E-state index in [1.807, 2.05) is 4.90 Å². The van der Waals surface area contributed by atoms with Crippen molar-refractivity contribution >= 4 is 50.9 Å². The summed E-state index contributed by atoms with van der Waals surface area (Å²) in [4.78, 5) is 38.3. The molecule has 3 amide bonds. The van der Waals surface area contributed by atoms with Gasteiger partial charge < -0.3 is 36.0 Å². The van der Waals surface area contributed by atoms with E-state index in [4.69, 9.17) is 15.6 Å². The Morgan fingerprint density at radius 3 is 2.58 bits per heavy atom. The molecule has 1 aliphatic rings. The van der Waals surface area contributed by atoms with Crippen LogP contribution in [0.3, 0.4) is 0 Å². The fourth-order valence-electron chi connectivity index (χ4n) is 3.60. The Kier molecular flexibility index (Phi) is 6.75. The maximum Gasteiger partial charge on any atom is 0.321 e. The number of methoxy groups -OCH3 is 1. The number of carbonyl (C=O) groups excluding carboxylic acids is 2. The van der Waals surface area contributed by atoms with Crippen LogP contribution >= 0.6 is 11.3 Å². The molecule has 0 saturated carbocycles. The number of nitrogens with two attached hydrogens (primary N) is 1. The molecule has 0 aliphatic carbocycles. The van der Waals surface area contributed by atoms with Crippen LogP contribution in [0, 0.1) is 0 Å². The predicted octanol–water partition coefficient (Wildman–Crippen LogP) is 1.36. The lowest BCUT2D eigenvalue weighted by atomic mass is 10.2. The number of nitrogens with one attached hydrogen (secondary N) is 2. The second-order valence-electron chi connectivity index (χ2n) is 7.35. The number of aliphatic hydroxyl groups is 1. The third-order valence-electron chi connectivity index (χ3n) is 5.28. The normalized spacial score (nSPS) is 13.8. The van der Waals surface area contributed by atoms with Gasteiger partial charge in [0.15, 0.2) is 0 Å². The molecule has 2 aromatic heterocycles. The minimum atomic E-state index is -0.303. The van der Waals surface area contributed by atoms with Crippen molar-refractivity contribution in [2.45, 2.75) is 0 Å². The number of amides is 3. The maximum absolute atomic E-state index is 12.7. The summed E-state index contributed by atoms with van der Waals surface area (Å²) in [5.74, 6) is 1.11. The molecule has 0 radical (unpaired) electrons. The van der Waals surface area contributed by atoms with Gasteiger partial charge in [0.2, 0.25) is 5.95 Å². The summed E-state index contributed by atoms with van der Waals surface area (Å²) in [5, 5.41) is 16.9. The van der Waals surface area contributed by atoms with Gasteiger partial charge in [0.25, 0.3) is 5.91 Å². The first-order valence-corrected chi connectivity index (χ1v) is 11.3. The van der Waals surface area contributed by atoms with Gasteiger partial charge in [-0.25, -0.2) is 9.78 Å². The van der Waals surface area contributed by atoms with Crippen LogP contribution in [0.15, 0.2) is 29.6 Å². The minimum absolute atomic E-state index is 0.126. The zero-order valence-electron chi connectivity index (χ0n) is 18.1. The molecule has 0 bridgehead atoms. The van der Waals surface area contributed by atoms with Crippen LogP contribution in [0.5, 0.6) is 5.75 Å². The molecule has 174 valence electrons. The van der Waals surface area contributed by atoms with E-state index in [0.717, 1.165) is 5.75 Å². The van der Waals surface area contributed by atoms with Crippen molar-refractivity contribution in [3.63, 3.8) is 0 Å². The average Bonchev–Trinajstić information content (AvgIpc) is 3.26. The molecule has 11 nitrogen and oxygen atoms in total. The number of anilines is 3. The fourth-order valence-corrected chi connectivity index (χ4v) is 4.52. The van der Waals surface area contributed by atoms with Gasteiger partial charge in [-0.15, -0.1) is 11.3 Å². The molecule has 33 heavy (non-hydrogen) atoms. The molecule has 0 unspecified atom stereocenters.